The van der Waals surface area contributed by atoms with Gasteiger partial charge in [0.05, 0.1) is 26.5 Å². The Hall–Kier alpha value is -2.90. The molecule has 0 N–H and O–H groups in total. The number of para-hydroxylation sites is 1. The van der Waals surface area contributed by atoms with Crippen molar-refractivity contribution in [2.24, 2.45) is 0 Å². The van der Waals surface area contributed by atoms with E-state index in [-0.39, 0.29) is 10.3 Å². The van der Waals surface area contributed by atoms with Crippen molar-refractivity contribution in [1.29, 1.82) is 0 Å². The lowest BCUT2D eigenvalue weighted by atomic mass is 10.0. The largest absolute Gasteiger partial charge is 0.299 e. The van der Waals surface area contributed by atoms with Crippen molar-refractivity contribution < 1.29 is 8.42 Å². The maximum absolute atomic E-state index is 13.4. The zero-order valence-electron chi connectivity index (χ0n) is 15.2. The van der Waals surface area contributed by atoms with Gasteiger partial charge in [0, 0.05) is 12.7 Å². The first-order valence-electron chi connectivity index (χ1n) is 9.17. The summed E-state index contributed by atoms with van der Waals surface area (Å²) < 4.78 is 29.9. The number of nitrogens with zero attached hydrogens (tertiary/aromatic N) is 3. The van der Waals surface area contributed by atoms with Gasteiger partial charge in [-0.3, -0.25) is 13.5 Å². The molecule has 0 saturated heterocycles. The molecule has 0 amide bonds. The van der Waals surface area contributed by atoms with E-state index >= 15 is 0 Å². The van der Waals surface area contributed by atoms with Crippen molar-refractivity contribution in [3.05, 3.63) is 81.7 Å². The molecule has 4 aromatic rings. The van der Waals surface area contributed by atoms with Crippen LogP contribution in [-0.4, -0.2) is 24.3 Å². The molecule has 0 unspecified atom stereocenters. The molecule has 0 radical (unpaired) electrons. The first kappa shape index (κ1) is 18.1. The van der Waals surface area contributed by atoms with E-state index < -0.39 is 15.6 Å². The number of hydrogen-bond donors (Lipinski definition) is 0. The minimum Gasteiger partial charge on any atom is -0.299 e. The SMILES string of the molecule is O=c1nc2ccc(Cl)cn2c2ccc(S(=O)(=O)N3CCCc4ccccc43)cc12. The van der Waals surface area contributed by atoms with E-state index in [4.69, 9.17) is 11.6 Å². The predicted molar refractivity (Wildman–Crippen MR) is 113 cm³/mol. The molecule has 1 aliphatic heterocycles. The summed E-state index contributed by atoms with van der Waals surface area (Å²) in [6.07, 6.45) is 3.25. The summed E-state index contributed by atoms with van der Waals surface area (Å²) in [6.45, 7) is 0.405. The summed E-state index contributed by atoms with van der Waals surface area (Å²) in [5.41, 5.74) is 2.23. The quantitative estimate of drug-likeness (QED) is 0.460. The van der Waals surface area contributed by atoms with Crippen LogP contribution in [-0.2, 0) is 16.4 Å². The van der Waals surface area contributed by atoms with E-state index in [9.17, 15) is 13.2 Å². The summed E-state index contributed by atoms with van der Waals surface area (Å²) in [5, 5.41) is 0.724. The summed E-state index contributed by atoms with van der Waals surface area (Å²) >= 11 is 6.08. The van der Waals surface area contributed by atoms with Crippen LogP contribution in [0.3, 0.4) is 0 Å². The lowest BCUT2D eigenvalue weighted by Gasteiger charge is -2.30. The van der Waals surface area contributed by atoms with Crippen molar-refractivity contribution in [3.63, 3.8) is 0 Å². The normalized spacial score (nSPS) is 14.3. The van der Waals surface area contributed by atoms with Gasteiger partial charge < -0.3 is 0 Å². The van der Waals surface area contributed by atoms with Crippen molar-refractivity contribution in [1.82, 2.24) is 9.38 Å². The Kier molecular flexibility index (Phi) is 4.11. The maximum atomic E-state index is 13.4. The van der Waals surface area contributed by atoms with Gasteiger partial charge in [-0.2, -0.15) is 4.98 Å². The van der Waals surface area contributed by atoms with Crippen LogP contribution in [0.1, 0.15) is 12.0 Å². The Balaban J connectivity index is 1.71. The number of aryl methyl sites for hydroxylation is 1. The number of anilines is 1. The molecule has 0 aliphatic carbocycles. The molecule has 0 saturated carbocycles. The fourth-order valence-corrected chi connectivity index (χ4v) is 5.58. The zero-order valence-corrected chi connectivity index (χ0v) is 16.8. The van der Waals surface area contributed by atoms with Gasteiger partial charge in [-0.05, 0) is 54.8 Å². The third-order valence-corrected chi connectivity index (χ3v) is 7.25. The van der Waals surface area contributed by atoms with E-state index in [1.807, 2.05) is 24.3 Å². The molecule has 2 aromatic carbocycles. The maximum Gasteiger partial charge on any atom is 0.281 e. The third-order valence-electron chi connectivity index (χ3n) is 5.22. The molecule has 6 nitrogen and oxygen atoms in total. The summed E-state index contributed by atoms with van der Waals surface area (Å²) in [5.74, 6) is 0. The highest BCUT2D eigenvalue weighted by molar-refractivity contribution is 7.92. The molecule has 2 aromatic heterocycles. The smallest absolute Gasteiger partial charge is 0.281 e. The number of hydrogen-bond acceptors (Lipinski definition) is 4. The second-order valence-electron chi connectivity index (χ2n) is 6.98. The van der Waals surface area contributed by atoms with Crippen LogP contribution >= 0.6 is 11.6 Å². The van der Waals surface area contributed by atoms with Crippen molar-refractivity contribution >= 4 is 43.9 Å². The van der Waals surface area contributed by atoms with Crippen LogP contribution in [0, 0.1) is 0 Å². The Labute approximate surface area is 172 Å². The number of fused-ring (bicyclic) bond motifs is 4. The van der Waals surface area contributed by atoms with Gasteiger partial charge in [-0.25, -0.2) is 8.42 Å². The van der Waals surface area contributed by atoms with E-state index in [2.05, 4.69) is 4.98 Å². The van der Waals surface area contributed by atoms with Gasteiger partial charge in [-0.1, -0.05) is 29.8 Å². The second-order valence-corrected chi connectivity index (χ2v) is 9.28. The predicted octanol–water partition coefficient (Wildman–Crippen LogP) is 3.64. The Morgan fingerprint density at radius 3 is 2.72 bits per heavy atom. The van der Waals surface area contributed by atoms with Crippen LogP contribution < -0.4 is 9.86 Å². The van der Waals surface area contributed by atoms with Gasteiger partial charge in [0.1, 0.15) is 5.65 Å². The first-order valence-corrected chi connectivity index (χ1v) is 11.0. The molecule has 8 heteroatoms. The van der Waals surface area contributed by atoms with E-state index in [0.29, 0.717) is 28.4 Å². The average Bonchev–Trinajstić information content (AvgIpc) is 2.73. The Morgan fingerprint density at radius 2 is 1.86 bits per heavy atom. The third kappa shape index (κ3) is 2.89. The Morgan fingerprint density at radius 1 is 1.03 bits per heavy atom. The highest BCUT2D eigenvalue weighted by atomic mass is 35.5. The van der Waals surface area contributed by atoms with Crippen LogP contribution in [0.2, 0.25) is 5.02 Å². The van der Waals surface area contributed by atoms with Gasteiger partial charge in [0.2, 0.25) is 0 Å². The van der Waals surface area contributed by atoms with Gasteiger partial charge >= 0.3 is 0 Å². The lowest BCUT2D eigenvalue weighted by molar-refractivity contribution is 0.586. The zero-order chi connectivity index (χ0) is 20.2. The number of rotatable bonds is 2. The van der Waals surface area contributed by atoms with E-state index in [0.717, 1.165) is 18.4 Å². The van der Waals surface area contributed by atoms with E-state index in [1.54, 1.807) is 28.8 Å². The molecule has 0 fully saturated rings. The first-order chi connectivity index (χ1) is 13.9. The van der Waals surface area contributed by atoms with Crippen molar-refractivity contribution in [2.75, 3.05) is 10.8 Å². The number of sulfonamides is 1. The number of aromatic nitrogens is 2. The minimum atomic E-state index is -3.81. The molecule has 0 spiro atoms. The van der Waals surface area contributed by atoms with Crippen molar-refractivity contribution in [2.45, 2.75) is 17.7 Å². The summed E-state index contributed by atoms with van der Waals surface area (Å²) in [7, 11) is -3.81. The molecule has 3 heterocycles. The molecule has 146 valence electrons. The molecule has 5 rings (SSSR count). The van der Waals surface area contributed by atoms with Crippen LogP contribution in [0.25, 0.3) is 16.6 Å². The highest BCUT2D eigenvalue weighted by Gasteiger charge is 2.29. The Bertz CT molecular complexity index is 1450. The number of benzene rings is 2. The van der Waals surface area contributed by atoms with Gasteiger partial charge in [-0.15, -0.1) is 0 Å². The van der Waals surface area contributed by atoms with Gasteiger partial charge in [0.15, 0.2) is 0 Å². The highest BCUT2D eigenvalue weighted by Crippen LogP contribution is 2.32. The monoisotopic (exact) mass is 425 g/mol. The molecule has 1 aliphatic rings. The second kappa shape index (κ2) is 6.57. The van der Waals surface area contributed by atoms with Crippen LogP contribution in [0.4, 0.5) is 5.69 Å². The summed E-state index contributed by atoms with van der Waals surface area (Å²) in [4.78, 5) is 16.7. The minimum absolute atomic E-state index is 0.0718. The van der Waals surface area contributed by atoms with Gasteiger partial charge in [0.25, 0.3) is 15.6 Å². The average molecular weight is 426 g/mol. The molecule has 29 heavy (non-hydrogen) atoms. The molecule has 0 bridgehead atoms. The van der Waals surface area contributed by atoms with Crippen molar-refractivity contribution in [3.8, 4) is 0 Å². The fourth-order valence-electron chi connectivity index (χ4n) is 3.85. The molecule has 0 atom stereocenters. The number of pyridine rings is 1. The summed E-state index contributed by atoms with van der Waals surface area (Å²) in [6, 6.07) is 15.4. The molecular weight excluding hydrogens is 410 g/mol. The topological polar surface area (TPSA) is 71.8 Å². The van der Waals surface area contributed by atoms with Crippen LogP contribution in [0.15, 0.2) is 70.5 Å². The fraction of sp³-hybridized carbons (Fsp3) is 0.143. The number of halogens is 1. The van der Waals surface area contributed by atoms with E-state index in [1.165, 1.54) is 16.4 Å². The molecular formula is C21H16ClN3O3S. The lowest BCUT2D eigenvalue weighted by Crippen LogP contribution is -2.35. The standard InChI is InChI=1S/C21H16ClN3O3S/c22-15-7-10-20-23-21(26)17-12-16(8-9-19(17)24(20)13-15)29(27,28)25-11-3-5-14-4-1-2-6-18(14)25/h1-2,4,6-10,12-13H,3,5,11H2. The van der Waals surface area contributed by atoms with Crippen LogP contribution in [0.5, 0.6) is 0 Å².